The molecule has 3 heteroatoms. The van der Waals surface area contributed by atoms with Crippen molar-refractivity contribution < 1.29 is 9.53 Å². The van der Waals surface area contributed by atoms with E-state index < -0.39 is 0 Å². The van der Waals surface area contributed by atoms with E-state index in [1.165, 1.54) is 0 Å². The topological polar surface area (TPSA) is 38.3 Å². The SMILES string of the molecule is CC1CC2NC(=O)OC2CC1C. The predicted molar refractivity (Wildman–Crippen MR) is 44.8 cm³/mol. The van der Waals surface area contributed by atoms with E-state index >= 15 is 0 Å². The van der Waals surface area contributed by atoms with Crippen LogP contribution in [-0.4, -0.2) is 18.2 Å². The molecule has 0 aromatic carbocycles. The zero-order valence-electron chi connectivity index (χ0n) is 7.54. The normalized spacial score (nSPS) is 46.3. The Balaban J connectivity index is 2.05. The Labute approximate surface area is 72.5 Å². The van der Waals surface area contributed by atoms with Crippen molar-refractivity contribution in [3.63, 3.8) is 0 Å². The van der Waals surface area contributed by atoms with Crippen molar-refractivity contribution in [2.45, 2.75) is 38.8 Å². The van der Waals surface area contributed by atoms with Crippen molar-refractivity contribution >= 4 is 6.09 Å². The summed E-state index contributed by atoms with van der Waals surface area (Å²) in [6.45, 7) is 4.47. The van der Waals surface area contributed by atoms with Gasteiger partial charge >= 0.3 is 6.09 Å². The minimum atomic E-state index is -0.230. The van der Waals surface area contributed by atoms with Gasteiger partial charge in [0, 0.05) is 0 Å². The summed E-state index contributed by atoms with van der Waals surface area (Å²) in [5.74, 6) is 1.38. The Morgan fingerprint density at radius 1 is 1.33 bits per heavy atom. The molecule has 1 aliphatic carbocycles. The first-order valence-electron chi connectivity index (χ1n) is 4.64. The van der Waals surface area contributed by atoms with Crippen molar-refractivity contribution in [1.82, 2.24) is 5.32 Å². The molecule has 4 unspecified atom stereocenters. The van der Waals surface area contributed by atoms with Crippen LogP contribution in [-0.2, 0) is 4.74 Å². The minimum Gasteiger partial charge on any atom is -0.444 e. The molecule has 1 N–H and O–H groups in total. The average molecular weight is 169 g/mol. The van der Waals surface area contributed by atoms with E-state index in [0.29, 0.717) is 11.8 Å². The summed E-state index contributed by atoms with van der Waals surface area (Å²) < 4.78 is 5.13. The Kier molecular flexibility index (Phi) is 1.74. The van der Waals surface area contributed by atoms with Gasteiger partial charge in [0.2, 0.25) is 0 Å². The summed E-state index contributed by atoms with van der Waals surface area (Å²) in [7, 11) is 0. The molecule has 0 bridgehead atoms. The fraction of sp³-hybridized carbons (Fsp3) is 0.889. The van der Waals surface area contributed by atoms with E-state index in [4.69, 9.17) is 4.74 Å². The highest BCUT2D eigenvalue weighted by Crippen LogP contribution is 2.33. The molecule has 0 spiro atoms. The van der Waals surface area contributed by atoms with E-state index in [2.05, 4.69) is 19.2 Å². The molecule has 68 valence electrons. The average Bonchev–Trinajstić information content (AvgIpc) is 2.30. The summed E-state index contributed by atoms with van der Waals surface area (Å²) in [5, 5.41) is 2.85. The summed E-state index contributed by atoms with van der Waals surface area (Å²) in [6, 6.07) is 0.281. The summed E-state index contributed by atoms with van der Waals surface area (Å²) in [6.07, 6.45) is 2.00. The maximum absolute atomic E-state index is 10.9. The highest BCUT2D eigenvalue weighted by Gasteiger charge is 2.40. The Morgan fingerprint density at radius 2 is 2.00 bits per heavy atom. The number of ether oxygens (including phenoxy) is 1. The van der Waals surface area contributed by atoms with Crippen LogP contribution in [0.2, 0.25) is 0 Å². The maximum atomic E-state index is 10.9. The fourth-order valence-corrected chi connectivity index (χ4v) is 2.15. The first-order valence-corrected chi connectivity index (χ1v) is 4.64. The lowest BCUT2D eigenvalue weighted by atomic mass is 9.78. The number of nitrogens with one attached hydrogen (secondary N) is 1. The van der Waals surface area contributed by atoms with Crippen LogP contribution in [0.4, 0.5) is 4.79 Å². The van der Waals surface area contributed by atoms with Crippen LogP contribution in [0.3, 0.4) is 0 Å². The molecule has 0 aromatic rings. The van der Waals surface area contributed by atoms with Gasteiger partial charge in [-0.3, -0.25) is 0 Å². The second-order valence-electron chi connectivity index (χ2n) is 4.12. The molecule has 4 atom stereocenters. The number of carbonyl (C=O) groups excluding carboxylic acids is 1. The predicted octanol–water partition coefficient (Wildman–Crippen LogP) is 1.53. The third-order valence-electron chi connectivity index (χ3n) is 3.21. The monoisotopic (exact) mass is 169 g/mol. The standard InChI is InChI=1S/C9H15NO2/c1-5-3-7-8(4-6(5)2)12-9(11)10-7/h5-8H,3-4H2,1-2H3,(H,10,11). The molecule has 0 radical (unpaired) electrons. The zero-order valence-corrected chi connectivity index (χ0v) is 7.54. The Bertz CT molecular complexity index is 185. The highest BCUT2D eigenvalue weighted by atomic mass is 16.6. The number of hydrogen-bond donors (Lipinski definition) is 1. The first-order chi connectivity index (χ1) is 5.66. The second-order valence-corrected chi connectivity index (χ2v) is 4.12. The van der Waals surface area contributed by atoms with Gasteiger partial charge in [0.15, 0.2) is 0 Å². The zero-order chi connectivity index (χ0) is 8.72. The lowest BCUT2D eigenvalue weighted by molar-refractivity contribution is 0.0786. The van der Waals surface area contributed by atoms with Crippen molar-refractivity contribution in [2.75, 3.05) is 0 Å². The van der Waals surface area contributed by atoms with E-state index in [0.717, 1.165) is 12.8 Å². The lowest BCUT2D eigenvalue weighted by Crippen LogP contribution is -2.40. The number of rotatable bonds is 0. The molecule has 12 heavy (non-hydrogen) atoms. The van der Waals surface area contributed by atoms with Gasteiger partial charge in [0.05, 0.1) is 6.04 Å². The van der Waals surface area contributed by atoms with Crippen LogP contribution >= 0.6 is 0 Å². The number of fused-ring (bicyclic) bond motifs is 1. The molecule has 3 nitrogen and oxygen atoms in total. The van der Waals surface area contributed by atoms with Crippen molar-refractivity contribution in [2.24, 2.45) is 11.8 Å². The molecular weight excluding hydrogens is 154 g/mol. The maximum Gasteiger partial charge on any atom is 0.407 e. The molecule has 1 amide bonds. The molecule has 1 saturated carbocycles. The van der Waals surface area contributed by atoms with Crippen molar-refractivity contribution in [3.8, 4) is 0 Å². The number of alkyl carbamates (subject to hydrolysis) is 1. The van der Waals surface area contributed by atoms with Crippen LogP contribution in [0.5, 0.6) is 0 Å². The van der Waals surface area contributed by atoms with Gasteiger partial charge in [-0.2, -0.15) is 0 Å². The van der Waals surface area contributed by atoms with Crippen LogP contribution in [0.1, 0.15) is 26.7 Å². The number of hydrogen-bond acceptors (Lipinski definition) is 2. The molecule has 1 heterocycles. The van der Waals surface area contributed by atoms with Crippen LogP contribution < -0.4 is 5.32 Å². The van der Waals surface area contributed by atoms with E-state index in [-0.39, 0.29) is 18.2 Å². The molecule has 1 saturated heterocycles. The number of carbonyl (C=O) groups is 1. The van der Waals surface area contributed by atoms with Gasteiger partial charge in [0.1, 0.15) is 6.10 Å². The van der Waals surface area contributed by atoms with Gasteiger partial charge in [-0.15, -0.1) is 0 Å². The molecule has 0 aromatic heterocycles. The van der Waals surface area contributed by atoms with Crippen LogP contribution in [0, 0.1) is 11.8 Å². The molecule has 2 fully saturated rings. The molecule has 2 rings (SSSR count). The van der Waals surface area contributed by atoms with Gasteiger partial charge in [0.25, 0.3) is 0 Å². The Hall–Kier alpha value is -0.730. The highest BCUT2D eigenvalue weighted by molar-refractivity contribution is 5.70. The third-order valence-corrected chi connectivity index (χ3v) is 3.21. The van der Waals surface area contributed by atoms with Gasteiger partial charge in [-0.05, 0) is 24.7 Å². The molecule has 1 aliphatic heterocycles. The van der Waals surface area contributed by atoms with Gasteiger partial charge in [-0.25, -0.2) is 4.79 Å². The van der Waals surface area contributed by atoms with Crippen molar-refractivity contribution in [1.29, 1.82) is 0 Å². The molecular formula is C9H15NO2. The smallest absolute Gasteiger partial charge is 0.407 e. The van der Waals surface area contributed by atoms with E-state index in [1.807, 2.05) is 0 Å². The van der Waals surface area contributed by atoms with E-state index in [1.54, 1.807) is 0 Å². The first kappa shape index (κ1) is 7.90. The van der Waals surface area contributed by atoms with Crippen LogP contribution in [0.15, 0.2) is 0 Å². The summed E-state index contributed by atoms with van der Waals surface area (Å²) >= 11 is 0. The van der Waals surface area contributed by atoms with Gasteiger partial charge < -0.3 is 10.1 Å². The minimum absolute atomic E-state index is 0.142. The number of amides is 1. The fourth-order valence-electron chi connectivity index (χ4n) is 2.15. The van der Waals surface area contributed by atoms with E-state index in [9.17, 15) is 4.79 Å². The second kappa shape index (κ2) is 2.64. The van der Waals surface area contributed by atoms with Crippen LogP contribution in [0.25, 0.3) is 0 Å². The quantitative estimate of drug-likeness (QED) is 0.597. The third kappa shape index (κ3) is 1.17. The Morgan fingerprint density at radius 3 is 2.75 bits per heavy atom. The molecule has 2 aliphatic rings. The van der Waals surface area contributed by atoms with Gasteiger partial charge in [-0.1, -0.05) is 13.8 Å². The van der Waals surface area contributed by atoms with Crippen molar-refractivity contribution in [3.05, 3.63) is 0 Å². The summed E-state index contributed by atoms with van der Waals surface area (Å²) in [5.41, 5.74) is 0. The largest absolute Gasteiger partial charge is 0.444 e. The lowest BCUT2D eigenvalue weighted by Gasteiger charge is -2.32. The summed E-state index contributed by atoms with van der Waals surface area (Å²) in [4.78, 5) is 10.9.